The maximum absolute atomic E-state index is 13.0. The predicted molar refractivity (Wildman–Crippen MR) is 122 cm³/mol. The quantitative estimate of drug-likeness (QED) is 0.397. The largest absolute Gasteiger partial charge is 0.490 e. The molecule has 32 heavy (non-hydrogen) atoms. The van der Waals surface area contributed by atoms with Crippen molar-refractivity contribution in [2.24, 2.45) is 5.92 Å². The molecule has 2 amide bonds. The Balaban J connectivity index is 3.02. The van der Waals surface area contributed by atoms with Gasteiger partial charge in [0, 0.05) is 6.42 Å². The zero-order chi connectivity index (χ0) is 24.3. The Labute approximate surface area is 190 Å². The van der Waals surface area contributed by atoms with Crippen LogP contribution in [0.5, 0.6) is 5.75 Å². The predicted octanol–water partition coefficient (Wildman–Crippen LogP) is 3.39. The number of hydrogen-bond donors (Lipinski definition) is 2. The molecule has 1 aromatic rings. The molecular weight excluding hydrogens is 412 g/mol. The van der Waals surface area contributed by atoms with Gasteiger partial charge in [0.2, 0.25) is 5.91 Å². The van der Waals surface area contributed by atoms with Crippen molar-refractivity contribution in [1.29, 1.82) is 0 Å². The highest BCUT2D eigenvalue weighted by Crippen LogP contribution is 2.15. The first-order valence-corrected chi connectivity index (χ1v) is 10.7. The van der Waals surface area contributed by atoms with Crippen LogP contribution in [0.3, 0.4) is 0 Å². The van der Waals surface area contributed by atoms with E-state index in [-0.39, 0.29) is 12.3 Å². The average molecular weight is 449 g/mol. The first kappa shape index (κ1) is 27.0. The lowest BCUT2D eigenvalue weighted by molar-refractivity contribution is -0.145. The van der Waals surface area contributed by atoms with Gasteiger partial charge in [-0.15, -0.1) is 0 Å². The zero-order valence-electron chi connectivity index (χ0n) is 19.9. The van der Waals surface area contributed by atoms with E-state index in [0.717, 1.165) is 5.56 Å². The molecule has 0 spiro atoms. The van der Waals surface area contributed by atoms with Crippen molar-refractivity contribution in [3.63, 3.8) is 0 Å². The maximum atomic E-state index is 13.0. The van der Waals surface area contributed by atoms with Gasteiger partial charge in [-0.05, 0) is 50.8 Å². The Morgan fingerprint density at radius 1 is 1.06 bits per heavy atom. The first-order chi connectivity index (χ1) is 14.9. The van der Waals surface area contributed by atoms with E-state index in [9.17, 15) is 14.4 Å². The SMILES string of the molecule is C=CCOc1ccc(CC(NC(=O)OC(C)(C)C)C(=O)NC(CC(C)C)C(=O)OC)cc1. The van der Waals surface area contributed by atoms with Crippen molar-refractivity contribution in [2.75, 3.05) is 13.7 Å². The van der Waals surface area contributed by atoms with E-state index < -0.39 is 35.7 Å². The second-order valence-corrected chi connectivity index (χ2v) is 8.86. The van der Waals surface area contributed by atoms with Crippen LogP contribution in [0.4, 0.5) is 4.79 Å². The summed E-state index contributed by atoms with van der Waals surface area (Å²) in [6, 6.07) is 5.39. The molecule has 178 valence electrons. The number of carbonyl (C=O) groups is 3. The molecule has 0 radical (unpaired) electrons. The number of ether oxygens (including phenoxy) is 3. The highest BCUT2D eigenvalue weighted by molar-refractivity contribution is 5.89. The number of nitrogens with one attached hydrogen (secondary N) is 2. The summed E-state index contributed by atoms with van der Waals surface area (Å²) in [5.41, 5.74) is 0.0761. The molecule has 0 saturated carbocycles. The van der Waals surface area contributed by atoms with Crippen molar-refractivity contribution < 1.29 is 28.6 Å². The van der Waals surface area contributed by atoms with Crippen LogP contribution in [0.2, 0.25) is 0 Å². The van der Waals surface area contributed by atoms with Gasteiger partial charge in [-0.25, -0.2) is 9.59 Å². The highest BCUT2D eigenvalue weighted by atomic mass is 16.6. The molecule has 1 aromatic carbocycles. The van der Waals surface area contributed by atoms with Crippen molar-refractivity contribution in [3.05, 3.63) is 42.5 Å². The van der Waals surface area contributed by atoms with Crippen LogP contribution in [-0.2, 0) is 25.5 Å². The molecule has 0 aliphatic heterocycles. The Kier molecular flexibility index (Phi) is 10.7. The first-order valence-electron chi connectivity index (χ1n) is 10.7. The van der Waals surface area contributed by atoms with Gasteiger partial charge >= 0.3 is 12.1 Å². The molecule has 0 aliphatic carbocycles. The van der Waals surface area contributed by atoms with Crippen LogP contribution in [0.15, 0.2) is 36.9 Å². The van der Waals surface area contributed by atoms with E-state index in [0.29, 0.717) is 18.8 Å². The van der Waals surface area contributed by atoms with Crippen molar-refractivity contribution in [3.8, 4) is 5.75 Å². The molecule has 0 aliphatic rings. The highest BCUT2D eigenvalue weighted by Gasteiger charge is 2.29. The summed E-state index contributed by atoms with van der Waals surface area (Å²) in [4.78, 5) is 37.5. The van der Waals surface area contributed by atoms with Gasteiger partial charge in [-0.2, -0.15) is 0 Å². The summed E-state index contributed by atoms with van der Waals surface area (Å²) in [6.07, 6.45) is 1.53. The monoisotopic (exact) mass is 448 g/mol. The number of alkyl carbamates (subject to hydrolysis) is 1. The number of benzene rings is 1. The van der Waals surface area contributed by atoms with E-state index in [1.54, 1.807) is 51.1 Å². The number of rotatable bonds is 11. The molecule has 2 N–H and O–H groups in total. The summed E-state index contributed by atoms with van der Waals surface area (Å²) in [5.74, 6) is -0.220. The third-order valence-corrected chi connectivity index (χ3v) is 4.25. The molecule has 0 saturated heterocycles. The number of hydrogen-bond acceptors (Lipinski definition) is 6. The number of esters is 1. The fraction of sp³-hybridized carbons (Fsp3) is 0.542. The summed E-state index contributed by atoms with van der Waals surface area (Å²) in [7, 11) is 1.27. The normalized spacial score (nSPS) is 13.0. The van der Waals surface area contributed by atoms with Gasteiger partial charge in [0.15, 0.2) is 0 Å². The Bertz CT molecular complexity index is 768. The van der Waals surface area contributed by atoms with Crippen molar-refractivity contribution >= 4 is 18.0 Å². The van der Waals surface area contributed by atoms with Crippen molar-refractivity contribution in [1.82, 2.24) is 10.6 Å². The van der Waals surface area contributed by atoms with Gasteiger partial charge in [0.25, 0.3) is 0 Å². The van der Waals surface area contributed by atoms with Crippen LogP contribution in [0.1, 0.15) is 46.6 Å². The summed E-state index contributed by atoms with van der Waals surface area (Å²) in [6.45, 7) is 13.1. The molecule has 0 heterocycles. The lowest BCUT2D eigenvalue weighted by Crippen LogP contribution is -2.53. The number of amides is 2. The molecule has 8 heteroatoms. The molecule has 0 bridgehead atoms. The zero-order valence-corrected chi connectivity index (χ0v) is 19.9. The molecule has 1 rings (SSSR count). The fourth-order valence-corrected chi connectivity index (χ4v) is 2.87. The van der Waals surface area contributed by atoms with Crippen LogP contribution in [0.25, 0.3) is 0 Å². The third-order valence-electron chi connectivity index (χ3n) is 4.25. The number of carbonyl (C=O) groups excluding carboxylic acids is 3. The molecular formula is C24H36N2O6. The molecule has 0 fully saturated rings. The van der Waals surface area contributed by atoms with Gasteiger partial charge in [-0.3, -0.25) is 4.79 Å². The summed E-state index contributed by atoms with van der Waals surface area (Å²) in [5, 5.41) is 5.32. The minimum atomic E-state index is -0.955. The van der Waals surface area contributed by atoms with Crippen LogP contribution in [-0.4, -0.2) is 49.4 Å². The topological polar surface area (TPSA) is 103 Å². The van der Waals surface area contributed by atoms with Gasteiger partial charge in [0.1, 0.15) is 30.0 Å². The lowest BCUT2D eigenvalue weighted by Gasteiger charge is -2.25. The van der Waals surface area contributed by atoms with E-state index in [1.165, 1.54) is 7.11 Å². The second kappa shape index (κ2) is 12.7. The summed E-state index contributed by atoms with van der Waals surface area (Å²) >= 11 is 0. The minimum Gasteiger partial charge on any atom is -0.490 e. The molecule has 0 aromatic heterocycles. The molecule has 8 nitrogen and oxygen atoms in total. The van der Waals surface area contributed by atoms with Gasteiger partial charge in [0.05, 0.1) is 7.11 Å². The standard InChI is InChI=1S/C24H36N2O6/c1-8-13-31-18-11-9-17(10-12-18)15-19(26-23(29)32-24(4,5)6)21(27)25-20(14-16(2)3)22(28)30-7/h8-12,16,19-20H,1,13-15H2,2-7H3,(H,25,27)(H,26,29). The van der Waals surface area contributed by atoms with Crippen LogP contribution >= 0.6 is 0 Å². The van der Waals surface area contributed by atoms with E-state index in [4.69, 9.17) is 14.2 Å². The van der Waals surface area contributed by atoms with E-state index >= 15 is 0 Å². The minimum absolute atomic E-state index is 0.153. The smallest absolute Gasteiger partial charge is 0.408 e. The maximum Gasteiger partial charge on any atom is 0.408 e. The fourth-order valence-electron chi connectivity index (χ4n) is 2.87. The van der Waals surface area contributed by atoms with E-state index in [2.05, 4.69) is 17.2 Å². The van der Waals surface area contributed by atoms with E-state index in [1.807, 2.05) is 13.8 Å². The van der Waals surface area contributed by atoms with Gasteiger partial charge in [-0.1, -0.05) is 38.6 Å². The van der Waals surface area contributed by atoms with Gasteiger partial charge < -0.3 is 24.8 Å². The third kappa shape index (κ3) is 10.3. The lowest BCUT2D eigenvalue weighted by atomic mass is 10.0. The van der Waals surface area contributed by atoms with Crippen molar-refractivity contribution in [2.45, 2.75) is 65.1 Å². The summed E-state index contributed by atoms with van der Waals surface area (Å²) < 4.78 is 15.6. The Hall–Kier alpha value is -3.03. The van der Waals surface area contributed by atoms with Crippen LogP contribution in [0, 0.1) is 5.92 Å². The molecule has 2 unspecified atom stereocenters. The Morgan fingerprint density at radius 2 is 1.69 bits per heavy atom. The second-order valence-electron chi connectivity index (χ2n) is 8.86. The number of methoxy groups -OCH3 is 1. The Morgan fingerprint density at radius 3 is 2.19 bits per heavy atom. The average Bonchev–Trinajstić information content (AvgIpc) is 2.69. The van der Waals surface area contributed by atoms with Crippen LogP contribution < -0.4 is 15.4 Å². The molecule has 2 atom stereocenters.